The molecule has 0 unspecified atom stereocenters. The van der Waals surface area contributed by atoms with E-state index in [1.54, 1.807) is 0 Å². The van der Waals surface area contributed by atoms with Crippen LogP contribution in [-0.4, -0.2) is 43.9 Å². The minimum Gasteiger partial charge on any atom is -0.350 e. The number of hydrogen-bond donors (Lipinski definition) is 2. The normalized spacial score (nSPS) is 16.8. The molecule has 0 bridgehead atoms. The van der Waals surface area contributed by atoms with E-state index in [2.05, 4.69) is 50.1 Å². The summed E-state index contributed by atoms with van der Waals surface area (Å²) >= 11 is 0. The second-order valence-electron chi connectivity index (χ2n) is 8.59. The van der Waals surface area contributed by atoms with Crippen molar-refractivity contribution in [3.8, 4) is 0 Å². The van der Waals surface area contributed by atoms with Crippen LogP contribution in [-0.2, 0) is 43.7 Å². The third-order valence-electron chi connectivity index (χ3n) is 5.75. The SMILES string of the molecule is CC(C)CN1CCn2nc(CNC(=O)CCc3n[nH]c4c3CCCC4)cc2C1. The van der Waals surface area contributed by atoms with Crippen LogP contribution in [0.2, 0.25) is 0 Å². The summed E-state index contributed by atoms with van der Waals surface area (Å²) in [4.78, 5) is 14.8. The van der Waals surface area contributed by atoms with E-state index in [1.807, 2.05) is 0 Å². The van der Waals surface area contributed by atoms with Crippen LogP contribution in [0.25, 0.3) is 0 Å². The Labute approximate surface area is 166 Å². The maximum atomic E-state index is 12.3. The summed E-state index contributed by atoms with van der Waals surface area (Å²) in [5.41, 5.74) is 5.90. The highest BCUT2D eigenvalue weighted by Gasteiger charge is 2.20. The number of hydrogen-bond acceptors (Lipinski definition) is 4. The van der Waals surface area contributed by atoms with Crippen LogP contribution in [0.1, 0.15) is 61.4 Å². The number of aromatic amines is 1. The summed E-state index contributed by atoms with van der Waals surface area (Å²) in [6.07, 6.45) is 5.84. The Balaban J connectivity index is 1.25. The van der Waals surface area contributed by atoms with Gasteiger partial charge in [-0.25, -0.2) is 0 Å². The molecule has 1 aliphatic carbocycles. The van der Waals surface area contributed by atoms with Gasteiger partial charge in [0.1, 0.15) is 0 Å². The van der Waals surface area contributed by atoms with Crippen molar-refractivity contribution in [3.63, 3.8) is 0 Å². The van der Waals surface area contributed by atoms with Crippen LogP contribution in [0.3, 0.4) is 0 Å². The second kappa shape index (κ2) is 8.47. The highest BCUT2D eigenvalue weighted by atomic mass is 16.1. The van der Waals surface area contributed by atoms with Gasteiger partial charge in [-0.1, -0.05) is 13.8 Å². The van der Waals surface area contributed by atoms with Crippen molar-refractivity contribution in [1.29, 1.82) is 0 Å². The molecule has 1 amide bonds. The predicted molar refractivity (Wildman–Crippen MR) is 108 cm³/mol. The monoisotopic (exact) mass is 384 g/mol. The summed E-state index contributed by atoms with van der Waals surface area (Å²) in [5, 5.41) is 15.3. The Hall–Kier alpha value is -2.15. The smallest absolute Gasteiger partial charge is 0.220 e. The highest BCUT2D eigenvalue weighted by molar-refractivity contribution is 5.76. The molecule has 0 saturated carbocycles. The van der Waals surface area contributed by atoms with Gasteiger partial charge in [0.25, 0.3) is 0 Å². The van der Waals surface area contributed by atoms with Gasteiger partial charge in [0, 0.05) is 38.2 Å². The van der Waals surface area contributed by atoms with E-state index in [0.717, 1.165) is 50.4 Å². The zero-order chi connectivity index (χ0) is 19.5. The Morgan fingerprint density at radius 1 is 1.29 bits per heavy atom. The van der Waals surface area contributed by atoms with Crippen LogP contribution in [0, 0.1) is 5.92 Å². The minimum atomic E-state index is 0.0694. The Kier molecular flexibility index (Phi) is 5.80. The first-order valence-corrected chi connectivity index (χ1v) is 10.7. The van der Waals surface area contributed by atoms with Gasteiger partial charge in [-0.3, -0.25) is 19.5 Å². The number of aromatic nitrogens is 4. The van der Waals surface area contributed by atoms with Crippen LogP contribution in [0.15, 0.2) is 6.07 Å². The fourth-order valence-electron chi connectivity index (χ4n) is 4.40. The first-order chi connectivity index (χ1) is 13.6. The molecule has 0 spiro atoms. The molecule has 0 aromatic carbocycles. The summed E-state index contributed by atoms with van der Waals surface area (Å²) in [7, 11) is 0. The molecule has 2 aliphatic rings. The fourth-order valence-corrected chi connectivity index (χ4v) is 4.40. The summed E-state index contributed by atoms with van der Waals surface area (Å²) in [5.74, 6) is 0.744. The van der Waals surface area contributed by atoms with Crippen molar-refractivity contribution in [2.45, 2.75) is 72.0 Å². The number of carbonyl (C=O) groups excluding carboxylic acids is 1. The van der Waals surface area contributed by atoms with Crippen molar-refractivity contribution < 1.29 is 4.79 Å². The number of nitrogens with zero attached hydrogens (tertiary/aromatic N) is 4. The summed E-state index contributed by atoms with van der Waals surface area (Å²) in [6.45, 7) is 9.06. The average Bonchev–Trinajstić information content (AvgIpc) is 3.27. The van der Waals surface area contributed by atoms with Crippen LogP contribution in [0.4, 0.5) is 0 Å². The Bertz CT molecular complexity index is 821. The van der Waals surface area contributed by atoms with Gasteiger partial charge < -0.3 is 5.32 Å². The Morgan fingerprint density at radius 2 is 2.14 bits per heavy atom. The zero-order valence-corrected chi connectivity index (χ0v) is 17.1. The molecule has 0 fully saturated rings. The van der Waals surface area contributed by atoms with E-state index < -0.39 is 0 Å². The number of nitrogens with one attached hydrogen (secondary N) is 2. The van der Waals surface area contributed by atoms with E-state index >= 15 is 0 Å². The molecule has 0 saturated heterocycles. The number of rotatable bonds is 7. The standard InChI is InChI=1S/C21H32N6O/c1-15(2)13-26-9-10-27-17(14-26)11-16(25-27)12-22-21(28)8-7-20-18-5-3-4-6-19(18)23-24-20/h11,15H,3-10,12-14H2,1-2H3,(H,22,28)(H,23,24). The van der Waals surface area contributed by atoms with Gasteiger partial charge in [-0.2, -0.15) is 10.2 Å². The number of H-pyrrole nitrogens is 1. The molecule has 0 atom stereocenters. The zero-order valence-electron chi connectivity index (χ0n) is 17.1. The number of aryl methyl sites for hydroxylation is 2. The van der Waals surface area contributed by atoms with Crippen molar-refractivity contribution in [2.75, 3.05) is 13.1 Å². The molecule has 2 aromatic rings. The van der Waals surface area contributed by atoms with E-state index in [-0.39, 0.29) is 5.91 Å². The van der Waals surface area contributed by atoms with Gasteiger partial charge in [0.05, 0.1) is 30.2 Å². The topological polar surface area (TPSA) is 78.8 Å². The lowest BCUT2D eigenvalue weighted by molar-refractivity contribution is -0.121. The average molecular weight is 385 g/mol. The second-order valence-corrected chi connectivity index (χ2v) is 8.59. The largest absolute Gasteiger partial charge is 0.350 e. The molecule has 4 rings (SSSR count). The van der Waals surface area contributed by atoms with Crippen molar-refractivity contribution >= 4 is 5.91 Å². The number of amides is 1. The predicted octanol–water partition coefficient (Wildman–Crippen LogP) is 2.21. The van der Waals surface area contributed by atoms with E-state index in [9.17, 15) is 4.79 Å². The molecule has 7 heteroatoms. The highest BCUT2D eigenvalue weighted by Crippen LogP contribution is 2.23. The fraction of sp³-hybridized carbons (Fsp3) is 0.667. The first-order valence-electron chi connectivity index (χ1n) is 10.7. The molecule has 2 N–H and O–H groups in total. The van der Waals surface area contributed by atoms with Gasteiger partial charge in [-0.15, -0.1) is 0 Å². The molecular formula is C21H32N6O. The third kappa shape index (κ3) is 4.46. The molecule has 152 valence electrons. The van der Waals surface area contributed by atoms with E-state index in [1.165, 1.54) is 29.8 Å². The van der Waals surface area contributed by atoms with Gasteiger partial charge in [0.15, 0.2) is 0 Å². The van der Waals surface area contributed by atoms with Gasteiger partial charge in [-0.05, 0) is 43.2 Å². The number of fused-ring (bicyclic) bond motifs is 2. The summed E-state index contributed by atoms with van der Waals surface area (Å²) < 4.78 is 2.09. The van der Waals surface area contributed by atoms with Crippen molar-refractivity contribution in [2.24, 2.45) is 5.92 Å². The molecule has 28 heavy (non-hydrogen) atoms. The van der Waals surface area contributed by atoms with Crippen LogP contribution < -0.4 is 5.32 Å². The van der Waals surface area contributed by atoms with Gasteiger partial charge in [0.2, 0.25) is 5.91 Å². The Morgan fingerprint density at radius 3 is 3.00 bits per heavy atom. The van der Waals surface area contributed by atoms with E-state index in [4.69, 9.17) is 0 Å². The lowest BCUT2D eigenvalue weighted by Crippen LogP contribution is -2.36. The molecule has 2 aromatic heterocycles. The molecule has 0 radical (unpaired) electrons. The molecular weight excluding hydrogens is 352 g/mol. The summed E-state index contributed by atoms with van der Waals surface area (Å²) in [6, 6.07) is 2.14. The van der Waals surface area contributed by atoms with Gasteiger partial charge >= 0.3 is 0 Å². The minimum absolute atomic E-state index is 0.0694. The quantitative estimate of drug-likeness (QED) is 0.767. The van der Waals surface area contributed by atoms with Crippen molar-refractivity contribution in [3.05, 3.63) is 34.4 Å². The first kappa shape index (κ1) is 19.2. The van der Waals surface area contributed by atoms with E-state index in [0.29, 0.717) is 25.3 Å². The molecule has 7 nitrogen and oxygen atoms in total. The maximum Gasteiger partial charge on any atom is 0.220 e. The maximum absolute atomic E-state index is 12.3. The lowest BCUT2D eigenvalue weighted by Gasteiger charge is -2.28. The number of carbonyl (C=O) groups is 1. The lowest BCUT2D eigenvalue weighted by atomic mass is 9.95. The molecule has 3 heterocycles. The van der Waals surface area contributed by atoms with Crippen LogP contribution >= 0.6 is 0 Å². The molecule has 1 aliphatic heterocycles. The van der Waals surface area contributed by atoms with Crippen molar-refractivity contribution in [1.82, 2.24) is 30.2 Å². The third-order valence-corrected chi connectivity index (χ3v) is 5.75. The van der Waals surface area contributed by atoms with Crippen LogP contribution in [0.5, 0.6) is 0 Å².